The lowest BCUT2D eigenvalue weighted by Crippen LogP contribution is -2.53. The largest absolute Gasteiger partial charge is 0.491 e. The van der Waals surface area contributed by atoms with Gasteiger partial charge in [0.05, 0.1) is 52.7 Å². The Labute approximate surface area is 378 Å². The van der Waals surface area contributed by atoms with E-state index in [1.807, 2.05) is 129 Å². The molecule has 0 aliphatic carbocycles. The number of carbonyl (C=O) groups excluding carboxylic acids is 4. The molecule has 16 heteroatoms. The molecule has 1 fully saturated rings. The van der Waals surface area contributed by atoms with Crippen molar-refractivity contribution in [2.24, 2.45) is 0 Å². The van der Waals surface area contributed by atoms with E-state index in [1.54, 1.807) is 0 Å². The van der Waals surface area contributed by atoms with Crippen molar-refractivity contribution < 1.29 is 57.1 Å². The molecule has 0 saturated carbocycles. The minimum atomic E-state index is -0.750. The second kappa shape index (κ2) is 27.2. The van der Waals surface area contributed by atoms with Crippen molar-refractivity contribution in [3.8, 4) is 5.75 Å². The fraction of sp³-hybridized carbons (Fsp3) is 0.787. The molecule has 1 saturated heterocycles. The van der Waals surface area contributed by atoms with Crippen molar-refractivity contribution in [3.05, 3.63) is 29.8 Å². The summed E-state index contributed by atoms with van der Waals surface area (Å²) < 4.78 is 45.5. The van der Waals surface area contributed by atoms with E-state index in [0.717, 1.165) is 5.56 Å². The standard InChI is InChI=1S/C47H82N4O12/c1-14-56-27-28-57-29-30-58-31-32-59-38-17-15-37(16-18-38)33-39(43(55)63-47(11,12)13)51-25-23-49(35-41(53)61-45(5,6)7)21-19-48(34-40(52)60-44(2,3)4)20-22-50(24-26-51)36-42(54)62-46(8,9)10/h15-18,39H,14,19-36H2,1-13H3/t39-/m0/s1. The van der Waals surface area contributed by atoms with E-state index in [1.165, 1.54) is 0 Å². The first kappa shape index (κ1) is 55.8. The predicted octanol–water partition coefficient (Wildman–Crippen LogP) is 4.63. The third kappa shape index (κ3) is 27.5. The van der Waals surface area contributed by atoms with Crippen LogP contribution in [-0.2, 0) is 58.8 Å². The molecular weight excluding hydrogens is 813 g/mol. The number of nitrogens with zero attached hydrogens (tertiary/aromatic N) is 4. The van der Waals surface area contributed by atoms with Crippen LogP contribution in [0.15, 0.2) is 24.3 Å². The van der Waals surface area contributed by atoms with E-state index in [2.05, 4.69) is 4.90 Å². The van der Waals surface area contributed by atoms with Crippen LogP contribution >= 0.6 is 0 Å². The van der Waals surface area contributed by atoms with Gasteiger partial charge in [-0.2, -0.15) is 0 Å². The minimum absolute atomic E-state index is 0.0159. The summed E-state index contributed by atoms with van der Waals surface area (Å²) in [7, 11) is 0. The molecule has 1 aliphatic heterocycles. The predicted molar refractivity (Wildman–Crippen MR) is 242 cm³/mol. The lowest BCUT2D eigenvalue weighted by Gasteiger charge is -2.37. The van der Waals surface area contributed by atoms with Crippen LogP contribution < -0.4 is 4.74 Å². The average Bonchev–Trinajstić information content (AvgIpc) is 3.12. The molecule has 0 amide bonds. The number of benzene rings is 1. The van der Waals surface area contributed by atoms with Crippen LogP contribution in [0.1, 0.15) is 95.6 Å². The van der Waals surface area contributed by atoms with E-state index < -0.39 is 28.4 Å². The summed E-state index contributed by atoms with van der Waals surface area (Å²) in [6.07, 6.45) is 0.337. The van der Waals surface area contributed by atoms with Crippen LogP contribution in [0, 0.1) is 0 Å². The fourth-order valence-corrected chi connectivity index (χ4v) is 6.49. The Morgan fingerprint density at radius 2 is 0.841 bits per heavy atom. The molecule has 1 atom stereocenters. The molecule has 0 spiro atoms. The summed E-state index contributed by atoms with van der Waals surface area (Å²) in [5.41, 5.74) is -1.86. The minimum Gasteiger partial charge on any atom is -0.491 e. The van der Waals surface area contributed by atoms with Crippen molar-refractivity contribution in [3.63, 3.8) is 0 Å². The SMILES string of the molecule is CCOCCOCCOCCOc1ccc(C[C@@H](C(=O)OC(C)(C)C)N2CCN(CC(=O)OC(C)(C)C)CCN(CC(=O)OC(C)(C)C)CCN(CC(=O)OC(C)(C)C)CC2)cc1. The van der Waals surface area contributed by atoms with E-state index >= 15 is 0 Å². The third-order valence-electron chi connectivity index (χ3n) is 9.11. The number of esters is 4. The van der Waals surface area contributed by atoms with Gasteiger partial charge in [-0.15, -0.1) is 0 Å². The number of rotatable bonds is 21. The summed E-state index contributed by atoms with van der Waals surface area (Å²) in [5, 5.41) is 0. The van der Waals surface area contributed by atoms with Crippen LogP contribution in [0.3, 0.4) is 0 Å². The normalized spacial score (nSPS) is 16.7. The maximum atomic E-state index is 14.3. The number of hydrogen-bond acceptors (Lipinski definition) is 16. The molecular formula is C47H82N4O12. The van der Waals surface area contributed by atoms with E-state index in [4.69, 9.17) is 37.9 Å². The molecule has 0 radical (unpaired) electrons. The first-order valence-corrected chi connectivity index (χ1v) is 22.6. The topological polar surface area (TPSA) is 155 Å². The molecule has 0 unspecified atom stereocenters. The molecule has 1 heterocycles. The summed E-state index contributed by atoms with van der Waals surface area (Å²) in [4.78, 5) is 61.9. The highest BCUT2D eigenvalue weighted by atomic mass is 16.6. The van der Waals surface area contributed by atoms with E-state index in [0.29, 0.717) is 111 Å². The Kier molecular flexibility index (Phi) is 24.1. The maximum Gasteiger partial charge on any atom is 0.324 e. The Hall–Kier alpha value is -3.38. The highest BCUT2D eigenvalue weighted by molar-refractivity contribution is 5.77. The quantitative estimate of drug-likeness (QED) is 0.0956. The van der Waals surface area contributed by atoms with Crippen LogP contribution in [-0.4, -0.2) is 190 Å². The van der Waals surface area contributed by atoms with Gasteiger partial charge in [0.15, 0.2) is 0 Å². The number of carbonyl (C=O) groups is 4. The molecule has 0 bridgehead atoms. The van der Waals surface area contributed by atoms with Gasteiger partial charge in [-0.25, -0.2) is 0 Å². The zero-order valence-electron chi connectivity index (χ0n) is 41.0. The monoisotopic (exact) mass is 895 g/mol. The Balaban J connectivity index is 2.40. The lowest BCUT2D eigenvalue weighted by molar-refractivity contribution is -0.163. The molecule has 0 aromatic heterocycles. The molecule has 1 aromatic rings. The number of ether oxygens (including phenoxy) is 8. The molecule has 16 nitrogen and oxygen atoms in total. The van der Waals surface area contributed by atoms with Crippen molar-refractivity contribution in [2.75, 3.05) is 118 Å². The van der Waals surface area contributed by atoms with Gasteiger partial charge in [-0.05, 0) is 114 Å². The Morgan fingerprint density at radius 3 is 1.21 bits per heavy atom. The zero-order valence-corrected chi connectivity index (χ0v) is 41.0. The number of hydrogen-bond donors (Lipinski definition) is 0. The Bertz CT molecular complexity index is 1450. The molecule has 362 valence electrons. The van der Waals surface area contributed by atoms with E-state index in [9.17, 15) is 19.2 Å². The van der Waals surface area contributed by atoms with E-state index in [-0.39, 0.29) is 43.5 Å². The van der Waals surface area contributed by atoms with Gasteiger partial charge in [0.1, 0.15) is 40.8 Å². The van der Waals surface area contributed by atoms with Crippen molar-refractivity contribution in [2.45, 2.75) is 125 Å². The second-order valence-electron chi connectivity index (χ2n) is 19.8. The van der Waals surface area contributed by atoms with Crippen LogP contribution in [0.25, 0.3) is 0 Å². The molecule has 2 rings (SSSR count). The maximum absolute atomic E-state index is 14.3. The molecule has 0 N–H and O–H groups in total. The smallest absolute Gasteiger partial charge is 0.324 e. The lowest BCUT2D eigenvalue weighted by atomic mass is 10.0. The zero-order chi connectivity index (χ0) is 47.3. The summed E-state index contributed by atoms with van der Waals surface area (Å²) in [6.45, 7) is 30.8. The average molecular weight is 895 g/mol. The van der Waals surface area contributed by atoms with Gasteiger partial charge in [0, 0.05) is 59.0 Å². The van der Waals surface area contributed by atoms with Gasteiger partial charge >= 0.3 is 23.9 Å². The van der Waals surface area contributed by atoms with Crippen LogP contribution in [0.5, 0.6) is 5.75 Å². The van der Waals surface area contributed by atoms with Gasteiger partial charge in [0.2, 0.25) is 0 Å². The van der Waals surface area contributed by atoms with Crippen molar-refractivity contribution >= 4 is 23.9 Å². The fourth-order valence-electron chi connectivity index (χ4n) is 6.49. The highest BCUT2D eigenvalue weighted by Crippen LogP contribution is 2.20. The van der Waals surface area contributed by atoms with Crippen molar-refractivity contribution in [1.82, 2.24) is 19.6 Å². The summed E-state index contributed by atoms with van der Waals surface area (Å²) in [6, 6.07) is 6.93. The first-order chi connectivity index (χ1) is 29.3. The second-order valence-corrected chi connectivity index (χ2v) is 19.8. The van der Waals surface area contributed by atoms with Gasteiger partial charge in [-0.3, -0.25) is 38.8 Å². The van der Waals surface area contributed by atoms with Crippen LogP contribution in [0.2, 0.25) is 0 Å². The molecule has 63 heavy (non-hydrogen) atoms. The summed E-state index contributed by atoms with van der Waals surface area (Å²) >= 11 is 0. The summed E-state index contributed by atoms with van der Waals surface area (Å²) in [5.74, 6) is -0.814. The third-order valence-corrected chi connectivity index (χ3v) is 9.11. The van der Waals surface area contributed by atoms with Crippen molar-refractivity contribution in [1.29, 1.82) is 0 Å². The van der Waals surface area contributed by atoms with Crippen LogP contribution in [0.4, 0.5) is 0 Å². The first-order valence-electron chi connectivity index (χ1n) is 22.6. The van der Waals surface area contributed by atoms with Gasteiger partial charge < -0.3 is 37.9 Å². The van der Waals surface area contributed by atoms with Gasteiger partial charge in [-0.1, -0.05) is 12.1 Å². The molecule has 1 aliphatic rings. The van der Waals surface area contributed by atoms with Gasteiger partial charge in [0.25, 0.3) is 0 Å². The molecule has 1 aromatic carbocycles. The Morgan fingerprint density at radius 1 is 0.492 bits per heavy atom. The highest BCUT2D eigenvalue weighted by Gasteiger charge is 2.33.